The summed E-state index contributed by atoms with van der Waals surface area (Å²) in [4.78, 5) is 9.85. The zero-order chi connectivity index (χ0) is 8.81. The Morgan fingerprint density at radius 2 is 2.17 bits per heavy atom. The van der Waals surface area contributed by atoms with Crippen LogP contribution >= 0.6 is 22.6 Å². The van der Waals surface area contributed by atoms with Gasteiger partial charge in [-0.1, -0.05) is 18.2 Å². The maximum Gasteiger partial charge on any atom is 0.227 e. The molecule has 12 heavy (non-hydrogen) atoms. The van der Waals surface area contributed by atoms with E-state index in [1.54, 1.807) is 6.21 Å². The largest absolute Gasteiger partial charge is 0.277 e. The minimum atomic E-state index is 0.534. The van der Waals surface area contributed by atoms with E-state index >= 15 is 0 Å². The Bertz CT molecular complexity index is 299. The smallest absolute Gasteiger partial charge is 0.227 e. The minimum Gasteiger partial charge on any atom is -0.277 e. The van der Waals surface area contributed by atoms with E-state index in [1.165, 1.54) is 0 Å². The molecule has 0 radical (unpaired) electrons. The van der Waals surface area contributed by atoms with Crippen molar-refractivity contribution in [3.63, 3.8) is 0 Å². The first kappa shape index (κ1) is 9.18. The first-order valence-corrected chi connectivity index (χ1v) is 4.39. The molecule has 1 rings (SSSR count). The Hall–Kier alpha value is -0.910. The van der Waals surface area contributed by atoms with E-state index in [1.807, 2.05) is 24.3 Å². The molecule has 0 aliphatic carbocycles. The average Bonchev–Trinajstić information content (AvgIpc) is 2.09. The monoisotopic (exact) mass is 274 g/mol. The molecule has 3 nitrogen and oxygen atoms in total. The van der Waals surface area contributed by atoms with Crippen molar-refractivity contribution < 1.29 is 4.79 Å². The number of benzene rings is 1. The number of halogens is 1. The number of amides is 1. The van der Waals surface area contributed by atoms with Crippen LogP contribution in [-0.4, -0.2) is 12.6 Å². The lowest BCUT2D eigenvalue weighted by atomic mass is 10.2. The summed E-state index contributed by atoms with van der Waals surface area (Å²) < 4.78 is 1.10. The van der Waals surface area contributed by atoms with Gasteiger partial charge in [-0.05, 0) is 28.7 Å². The highest BCUT2D eigenvalue weighted by atomic mass is 127. The molecule has 1 N–H and O–H groups in total. The van der Waals surface area contributed by atoms with E-state index in [4.69, 9.17) is 0 Å². The predicted molar refractivity (Wildman–Crippen MR) is 56.0 cm³/mol. The first-order valence-electron chi connectivity index (χ1n) is 3.31. The third kappa shape index (κ3) is 2.61. The van der Waals surface area contributed by atoms with Gasteiger partial charge in [0, 0.05) is 9.13 Å². The summed E-state index contributed by atoms with van der Waals surface area (Å²) in [5, 5.41) is 3.67. The average molecular weight is 274 g/mol. The highest BCUT2D eigenvalue weighted by Crippen LogP contribution is 2.08. The molecule has 0 aromatic heterocycles. The Morgan fingerprint density at radius 1 is 1.42 bits per heavy atom. The van der Waals surface area contributed by atoms with Gasteiger partial charge >= 0.3 is 0 Å². The molecule has 62 valence electrons. The maximum absolute atomic E-state index is 9.85. The van der Waals surface area contributed by atoms with Gasteiger partial charge in [-0.25, -0.2) is 5.43 Å². The van der Waals surface area contributed by atoms with Gasteiger partial charge in [-0.15, -0.1) is 0 Å². The molecule has 1 aromatic carbocycles. The molecule has 0 heterocycles. The lowest BCUT2D eigenvalue weighted by molar-refractivity contribution is -0.109. The summed E-state index contributed by atoms with van der Waals surface area (Å²) in [6.45, 7) is 0. The highest BCUT2D eigenvalue weighted by molar-refractivity contribution is 14.1. The van der Waals surface area contributed by atoms with Gasteiger partial charge in [-0.3, -0.25) is 4.79 Å². The van der Waals surface area contributed by atoms with Crippen molar-refractivity contribution in [1.82, 2.24) is 5.43 Å². The predicted octanol–water partition coefficient (Wildman–Crippen LogP) is 1.37. The van der Waals surface area contributed by atoms with Crippen molar-refractivity contribution in [3.8, 4) is 0 Å². The zero-order valence-electron chi connectivity index (χ0n) is 6.20. The van der Waals surface area contributed by atoms with Crippen LogP contribution in [0.4, 0.5) is 0 Å². The zero-order valence-corrected chi connectivity index (χ0v) is 8.36. The maximum atomic E-state index is 9.85. The molecule has 0 aliphatic rings. The molecular weight excluding hydrogens is 267 g/mol. The summed E-state index contributed by atoms with van der Waals surface area (Å²) in [5.41, 5.74) is 3.20. The van der Waals surface area contributed by atoms with Crippen molar-refractivity contribution in [3.05, 3.63) is 33.4 Å². The Kier molecular flexibility index (Phi) is 3.72. The molecule has 0 bridgehead atoms. The highest BCUT2D eigenvalue weighted by Gasteiger charge is 1.91. The number of carbonyl (C=O) groups excluding carboxylic acids is 1. The number of nitrogens with zero attached hydrogens (tertiary/aromatic N) is 1. The summed E-state index contributed by atoms with van der Waals surface area (Å²) >= 11 is 2.20. The van der Waals surface area contributed by atoms with Crippen molar-refractivity contribution in [2.75, 3.05) is 0 Å². The van der Waals surface area contributed by atoms with Crippen molar-refractivity contribution >= 4 is 35.2 Å². The second kappa shape index (κ2) is 4.87. The molecule has 0 aliphatic heterocycles. The van der Waals surface area contributed by atoms with Gasteiger partial charge in [-0.2, -0.15) is 5.10 Å². The molecule has 0 atom stereocenters. The van der Waals surface area contributed by atoms with E-state index in [2.05, 4.69) is 33.1 Å². The Labute approximate surface area is 84.0 Å². The second-order valence-electron chi connectivity index (χ2n) is 2.03. The first-order chi connectivity index (χ1) is 5.84. The fraction of sp³-hybridized carbons (Fsp3) is 0. The van der Waals surface area contributed by atoms with Crippen molar-refractivity contribution in [2.24, 2.45) is 5.10 Å². The van der Waals surface area contributed by atoms with Gasteiger partial charge in [0.05, 0.1) is 6.21 Å². The van der Waals surface area contributed by atoms with Gasteiger partial charge in [0.1, 0.15) is 0 Å². The molecule has 0 unspecified atom stereocenters. The number of nitrogens with one attached hydrogen (secondary N) is 1. The van der Waals surface area contributed by atoms with Crippen LogP contribution in [0.25, 0.3) is 0 Å². The van der Waals surface area contributed by atoms with Crippen molar-refractivity contribution in [1.29, 1.82) is 0 Å². The molecule has 1 amide bonds. The van der Waals surface area contributed by atoms with Gasteiger partial charge in [0.25, 0.3) is 0 Å². The Balaban J connectivity index is 2.74. The van der Waals surface area contributed by atoms with Crippen LogP contribution in [0, 0.1) is 3.57 Å². The topological polar surface area (TPSA) is 41.5 Å². The Morgan fingerprint density at radius 3 is 2.83 bits per heavy atom. The van der Waals surface area contributed by atoms with Crippen LogP contribution in [0.3, 0.4) is 0 Å². The fourth-order valence-corrected chi connectivity index (χ4v) is 1.24. The third-order valence-electron chi connectivity index (χ3n) is 1.24. The van der Waals surface area contributed by atoms with E-state index in [9.17, 15) is 4.79 Å². The molecule has 1 aromatic rings. The SMILES string of the molecule is O=CN/N=C/c1ccccc1I. The van der Waals surface area contributed by atoms with Crippen molar-refractivity contribution in [2.45, 2.75) is 0 Å². The molecule has 4 heteroatoms. The minimum absolute atomic E-state index is 0.534. The second-order valence-corrected chi connectivity index (χ2v) is 3.19. The fourth-order valence-electron chi connectivity index (χ4n) is 0.717. The van der Waals surface area contributed by atoms with E-state index in [0.717, 1.165) is 9.13 Å². The summed E-state index contributed by atoms with van der Waals surface area (Å²) in [5.74, 6) is 0. The lowest BCUT2D eigenvalue weighted by Gasteiger charge is -1.94. The number of hydrogen-bond donors (Lipinski definition) is 1. The van der Waals surface area contributed by atoms with Crippen LogP contribution in [-0.2, 0) is 4.79 Å². The van der Waals surface area contributed by atoms with E-state index in [-0.39, 0.29) is 0 Å². The van der Waals surface area contributed by atoms with Gasteiger partial charge in [0.2, 0.25) is 6.41 Å². The molecule has 0 saturated carbocycles. The molecular formula is C8H7IN2O. The van der Waals surface area contributed by atoms with Crippen LogP contribution in [0.1, 0.15) is 5.56 Å². The normalized spacial score (nSPS) is 10.1. The number of rotatable bonds is 3. The quantitative estimate of drug-likeness (QED) is 0.384. The van der Waals surface area contributed by atoms with Gasteiger partial charge < -0.3 is 0 Å². The van der Waals surface area contributed by atoms with Crippen LogP contribution in [0.5, 0.6) is 0 Å². The van der Waals surface area contributed by atoms with E-state index in [0.29, 0.717) is 6.41 Å². The summed E-state index contributed by atoms with van der Waals surface area (Å²) in [6.07, 6.45) is 2.14. The molecule has 0 spiro atoms. The van der Waals surface area contributed by atoms with E-state index < -0.39 is 0 Å². The third-order valence-corrected chi connectivity index (χ3v) is 2.22. The van der Waals surface area contributed by atoms with Gasteiger partial charge in [0.15, 0.2) is 0 Å². The number of hydrogen-bond acceptors (Lipinski definition) is 2. The number of hydrazone groups is 1. The van der Waals surface area contributed by atoms with Crippen LogP contribution < -0.4 is 5.43 Å². The molecule has 0 saturated heterocycles. The molecule has 0 fully saturated rings. The summed E-state index contributed by atoms with van der Waals surface area (Å²) in [6, 6.07) is 7.78. The lowest BCUT2D eigenvalue weighted by Crippen LogP contribution is -2.01. The summed E-state index contributed by atoms with van der Waals surface area (Å²) in [7, 11) is 0. The standard InChI is InChI=1S/C8H7IN2O/c9-8-4-2-1-3-7(8)5-10-11-6-12/h1-6H,(H,11,12)/b10-5+. The van der Waals surface area contributed by atoms with Crippen LogP contribution in [0.15, 0.2) is 29.4 Å². The number of carbonyl (C=O) groups is 1. The van der Waals surface area contributed by atoms with Crippen LogP contribution in [0.2, 0.25) is 0 Å².